The number of hydrogen-bond acceptors (Lipinski definition) is 3. The summed E-state index contributed by atoms with van der Waals surface area (Å²) in [6, 6.07) is 7.31. The number of hydrogen-bond donors (Lipinski definition) is 1. The van der Waals surface area contributed by atoms with Crippen LogP contribution in [0.3, 0.4) is 0 Å². The molecule has 1 aromatic rings. The molecule has 0 aromatic heterocycles. The van der Waals surface area contributed by atoms with Crippen molar-refractivity contribution < 1.29 is 14.6 Å². The van der Waals surface area contributed by atoms with E-state index in [1.807, 2.05) is 12.1 Å². The number of likely N-dealkylation sites (N-methyl/N-ethyl adjacent to an activating group) is 1. The molecule has 100 valence electrons. The van der Waals surface area contributed by atoms with E-state index in [2.05, 4.69) is 15.9 Å². The number of nitrogens with zero attached hydrogens (tertiary/aromatic N) is 1. The number of carbonyl (C=O) groups is 1. The number of aliphatic hydroxyl groups is 1. The molecule has 0 aliphatic carbocycles. The molecule has 0 spiro atoms. The van der Waals surface area contributed by atoms with E-state index in [-0.39, 0.29) is 19.1 Å². The Morgan fingerprint density at radius 2 is 2.17 bits per heavy atom. The normalized spacial score (nSPS) is 11.2. The van der Waals surface area contributed by atoms with Crippen molar-refractivity contribution in [3.63, 3.8) is 0 Å². The fourth-order valence-corrected chi connectivity index (χ4v) is 1.62. The third-order valence-corrected chi connectivity index (χ3v) is 3.32. The fourth-order valence-electron chi connectivity index (χ4n) is 1.24. The highest BCUT2D eigenvalue weighted by Gasteiger charge is 2.26. The molecule has 5 heteroatoms. The maximum atomic E-state index is 11.9. The first-order valence-electron chi connectivity index (χ1n) is 5.63. The summed E-state index contributed by atoms with van der Waals surface area (Å²) in [4.78, 5) is 13.4. The Hall–Kier alpha value is -1.07. The van der Waals surface area contributed by atoms with E-state index in [0.717, 1.165) is 4.47 Å². The summed E-state index contributed by atoms with van der Waals surface area (Å²) < 4.78 is 6.31. The van der Waals surface area contributed by atoms with Crippen molar-refractivity contribution in [1.29, 1.82) is 0 Å². The van der Waals surface area contributed by atoms with Gasteiger partial charge in [0.25, 0.3) is 5.91 Å². The van der Waals surface area contributed by atoms with Crippen LogP contribution in [0.1, 0.15) is 13.8 Å². The molecule has 1 amide bonds. The highest BCUT2D eigenvalue weighted by atomic mass is 79.9. The van der Waals surface area contributed by atoms with E-state index in [9.17, 15) is 9.90 Å². The summed E-state index contributed by atoms with van der Waals surface area (Å²) in [7, 11) is 1.66. The number of amides is 1. The quantitative estimate of drug-likeness (QED) is 0.904. The topological polar surface area (TPSA) is 49.8 Å². The minimum atomic E-state index is -0.586. The predicted molar refractivity (Wildman–Crippen MR) is 73.6 cm³/mol. The van der Waals surface area contributed by atoms with Gasteiger partial charge in [-0.2, -0.15) is 0 Å². The van der Waals surface area contributed by atoms with Crippen LogP contribution in [-0.4, -0.2) is 41.7 Å². The fraction of sp³-hybridized carbons (Fsp3) is 0.462. The molecule has 0 atom stereocenters. The van der Waals surface area contributed by atoms with Crippen LogP contribution < -0.4 is 4.74 Å². The van der Waals surface area contributed by atoms with Crippen LogP contribution in [0, 0.1) is 0 Å². The molecule has 0 aliphatic rings. The largest absolute Gasteiger partial charge is 0.484 e. The van der Waals surface area contributed by atoms with Gasteiger partial charge in [-0.25, -0.2) is 0 Å². The molecule has 0 saturated heterocycles. The molecule has 0 bridgehead atoms. The zero-order valence-electron chi connectivity index (χ0n) is 10.8. The minimum Gasteiger partial charge on any atom is -0.484 e. The first kappa shape index (κ1) is 15.0. The standard InChI is InChI=1S/C13H18BrNO3/c1-13(2,9-16)15(3)12(17)8-18-11-6-4-5-10(14)7-11/h4-7,16H,8-9H2,1-3H3. The maximum Gasteiger partial charge on any atom is 0.260 e. The van der Waals surface area contributed by atoms with Crippen LogP contribution in [0.2, 0.25) is 0 Å². The molecule has 1 N–H and O–H groups in total. The second kappa shape index (κ2) is 6.20. The van der Waals surface area contributed by atoms with Gasteiger partial charge in [0.15, 0.2) is 6.61 Å². The summed E-state index contributed by atoms with van der Waals surface area (Å²) in [6.07, 6.45) is 0. The average molecular weight is 316 g/mol. The van der Waals surface area contributed by atoms with Crippen molar-refractivity contribution in [1.82, 2.24) is 4.90 Å². The van der Waals surface area contributed by atoms with Crippen LogP contribution >= 0.6 is 15.9 Å². The van der Waals surface area contributed by atoms with Gasteiger partial charge in [-0.15, -0.1) is 0 Å². The Morgan fingerprint density at radius 3 is 2.72 bits per heavy atom. The molecule has 1 rings (SSSR count). The summed E-state index contributed by atoms with van der Waals surface area (Å²) in [5.74, 6) is 0.460. The molecule has 0 heterocycles. The lowest BCUT2D eigenvalue weighted by Gasteiger charge is -2.33. The van der Waals surface area contributed by atoms with Crippen LogP contribution in [0.5, 0.6) is 5.75 Å². The first-order chi connectivity index (χ1) is 8.36. The lowest BCUT2D eigenvalue weighted by atomic mass is 10.1. The van der Waals surface area contributed by atoms with E-state index >= 15 is 0 Å². The Labute approximate surface area is 116 Å². The summed E-state index contributed by atoms with van der Waals surface area (Å²) >= 11 is 3.33. The molecule has 0 radical (unpaired) electrons. The highest BCUT2D eigenvalue weighted by Crippen LogP contribution is 2.18. The van der Waals surface area contributed by atoms with Gasteiger partial charge >= 0.3 is 0 Å². The van der Waals surface area contributed by atoms with Gasteiger partial charge in [-0.05, 0) is 32.0 Å². The molecule has 0 unspecified atom stereocenters. The summed E-state index contributed by atoms with van der Waals surface area (Å²) in [6.45, 7) is 3.45. The van der Waals surface area contributed by atoms with Crippen LogP contribution in [-0.2, 0) is 4.79 Å². The first-order valence-corrected chi connectivity index (χ1v) is 6.42. The van der Waals surface area contributed by atoms with Crippen molar-refractivity contribution in [2.45, 2.75) is 19.4 Å². The lowest BCUT2D eigenvalue weighted by Crippen LogP contribution is -2.49. The van der Waals surface area contributed by atoms with E-state index in [1.54, 1.807) is 33.0 Å². The van der Waals surface area contributed by atoms with E-state index in [0.29, 0.717) is 5.75 Å². The zero-order chi connectivity index (χ0) is 13.8. The molecule has 0 saturated carbocycles. The van der Waals surface area contributed by atoms with Gasteiger partial charge in [-0.3, -0.25) is 4.79 Å². The number of halogens is 1. The maximum absolute atomic E-state index is 11.9. The molecular weight excluding hydrogens is 298 g/mol. The summed E-state index contributed by atoms with van der Waals surface area (Å²) in [5, 5.41) is 9.19. The molecule has 4 nitrogen and oxygen atoms in total. The molecule has 1 aromatic carbocycles. The van der Waals surface area contributed by atoms with Crippen molar-refractivity contribution in [3.8, 4) is 5.75 Å². The average Bonchev–Trinajstić information content (AvgIpc) is 2.35. The Kier molecular flexibility index (Phi) is 5.16. The number of aliphatic hydroxyl groups excluding tert-OH is 1. The Morgan fingerprint density at radius 1 is 1.50 bits per heavy atom. The third kappa shape index (κ3) is 3.99. The minimum absolute atomic E-state index is 0.0453. The van der Waals surface area contributed by atoms with Gasteiger partial charge in [0.2, 0.25) is 0 Å². The smallest absolute Gasteiger partial charge is 0.260 e. The number of benzene rings is 1. The predicted octanol–water partition coefficient (Wildman–Crippen LogP) is 2.06. The van der Waals surface area contributed by atoms with Crippen LogP contribution in [0.4, 0.5) is 0 Å². The highest BCUT2D eigenvalue weighted by molar-refractivity contribution is 9.10. The van der Waals surface area contributed by atoms with Gasteiger partial charge in [0.1, 0.15) is 5.75 Å². The van der Waals surface area contributed by atoms with Crippen molar-refractivity contribution >= 4 is 21.8 Å². The number of carbonyl (C=O) groups excluding carboxylic acids is 1. The van der Waals surface area contributed by atoms with E-state index in [1.165, 1.54) is 4.90 Å². The van der Waals surface area contributed by atoms with Crippen molar-refractivity contribution in [3.05, 3.63) is 28.7 Å². The molecular formula is C13H18BrNO3. The molecule has 18 heavy (non-hydrogen) atoms. The van der Waals surface area contributed by atoms with Crippen molar-refractivity contribution in [2.75, 3.05) is 20.3 Å². The summed E-state index contributed by atoms with van der Waals surface area (Å²) in [5.41, 5.74) is -0.586. The number of rotatable bonds is 5. The molecule has 0 aliphatic heterocycles. The SMILES string of the molecule is CN(C(=O)COc1cccc(Br)c1)C(C)(C)CO. The van der Waals surface area contributed by atoms with Gasteiger partial charge in [-0.1, -0.05) is 22.0 Å². The number of ether oxygens (including phenoxy) is 1. The monoisotopic (exact) mass is 315 g/mol. The van der Waals surface area contributed by atoms with E-state index < -0.39 is 5.54 Å². The second-order valence-electron chi connectivity index (χ2n) is 4.67. The zero-order valence-corrected chi connectivity index (χ0v) is 12.4. The van der Waals surface area contributed by atoms with Gasteiger partial charge in [0.05, 0.1) is 12.1 Å². The van der Waals surface area contributed by atoms with Crippen molar-refractivity contribution in [2.24, 2.45) is 0 Å². The lowest BCUT2D eigenvalue weighted by molar-refractivity contribution is -0.138. The van der Waals surface area contributed by atoms with Gasteiger partial charge in [0, 0.05) is 11.5 Å². The van der Waals surface area contributed by atoms with Gasteiger partial charge < -0.3 is 14.7 Å². The second-order valence-corrected chi connectivity index (χ2v) is 5.59. The molecule has 0 fully saturated rings. The Balaban J connectivity index is 2.56. The Bertz CT molecular complexity index is 420. The third-order valence-electron chi connectivity index (χ3n) is 2.83. The van der Waals surface area contributed by atoms with E-state index in [4.69, 9.17) is 4.74 Å². The van der Waals surface area contributed by atoms with Crippen LogP contribution in [0.15, 0.2) is 28.7 Å². The van der Waals surface area contributed by atoms with Crippen LogP contribution in [0.25, 0.3) is 0 Å².